The second-order valence-corrected chi connectivity index (χ2v) is 3.46. The molecule has 0 heterocycles. The van der Waals surface area contributed by atoms with Crippen molar-refractivity contribution in [3.8, 4) is 5.75 Å². The normalized spacial score (nSPS) is 12.9. The molecule has 0 saturated carbocycles. The molecule has 0 aromatic heterocycles. The van der Waals surface area contributed by atoms with Gasteiger partial charge >= 0.3 is 0 Å². The molecule has 0 radical (unpaired) electrons. The Morgan fingerprint density at radius 3 is 2.38 bits per heavy atom. The van der Waals surface area contributed by atoms with Gasteiger partial charge in [-0.1, -0.05) is 0 Å². The van der Waals surface area contributed by atoms with E-state index in [1.165, 1.54) is 0 Å². The molecule has 0 fully saturated rings. The van der Waals surface area contributed by atoms with E-state index in [0.29, 0.717) is 5.69 Å². The van der Waals surface area contributed by atoms with Crippen LogP contribution in [0.15, 0.2) is 6.07 Å². The van der Waals surface area contributed by atoms with Gasteiger partial charge in [0.15, 0.2) is 0 Å². The van der Waals surface area contributed by atoms with Crippen molar-refractivity contribution in [1.29, 1.82) is 0 Å². The van der Waals surface area contributed by atoms with E-state index in [1.54, 1.807) is 6.07 Å². The van der Waals surface area contributed by atoms with E-state index in [9.17, 15) is 5.11 Å². The lowest BCUT2D eigenvalue weighted by molar-refractivity contribution is 0.459. The molecule has 13 heavy (non-hydrogen) atoms. The van der Waals surface area contributed by atoms with Gasteiger partial charge in [-0.3, -0.25) is 0 Å². The third kappa shape index (κ3) is 1.60. The third-order valence-corrected chi connectivity index (χ3v) is 2.29. The first-order valence-electron chi connectivity index (χ1n) is 4.29. The highest BCUT2D eigenvalue weighted by Crippen LogP contribution is 2.33. The fourth-order valence-corrected chi connectivity index (χ4v) is 1.51. The summed E-state index contributed by atoms with van der Waals surface area (Å²) in [6, 6.07) is 1.57. The van der Waals surface area contributed by atoms with Crippen LogP contribution in [0.2, 0.25) is 0 Å². The highest BCUT2D eigenvalue weighted by atomic mass is 16.3. The van der Waals surface area contributed by atoms with Crippen molar-refractivity contribution in [3.05, 3.63) is 22.8 Å². The fourth-order valence-electron chi connectivity index (χ4n) is 1.51. The maximum atomic E-state index is 9.74. The Morgan fingerprint density at radius 2 is 1.92 bits per heavy atom. The van der Waals surface area contributed by atoms with Gasteiger partial charge in [0.1, 0.15) is 5.75 Å². The number of rotatable bonds is 1. The minimum atomic E-state index is -0.192. The molecule has 0 saturated heterocycles. The molecule has 1 rings (SSSR count). The second kappa shape index (κ2) is 3.26. The summed E-state index contributed by atoms with van der Waals surface area (Å²) >= 11 is 0. The monoisotopic (exact) mass is 180 g/mol. The van der Waals surface area contributed by atoms with Gasteiger partial charge in [-0.25, -0.2) is 0 Å². The van der Waals surface area contributed by atoms with Crippen LogP contribution >= 0.6 is 0 Å². The fraction of sp³-hybridized carbons (Fsp3) is 0.400. The minimum Gasteiger partial charge on any atom is -0.507 e. The molecule has 0 unspecified atom stereocenters. The van der Waals surface area contributed by atoms with Gasteiger partial charge in [0, 0.05) is 17.3 Å². The molecule has 1 atom stereocenters. The molecule has 3 heteroatoms. The van der Waals surface area contributed by atoms with Crippen LogP contribution in [0.1, 0.15) is 29.7 Å². The third-order valence-electron chi connectivity index (χ3n) is 2.29. The van der Waals surface area contributed by atoms with Crippen LogP contribution in [0, 0.1) is 13.8 Å². The van der Waals surface area contributed by atoms with Gasteiger partial charge in [0.25, 0.3) is 0 Å². The molecular formula is C10H16N2O. The number of aryl methyl sites for hydroxylation is 1. The number of nitrogens with two attached hydrogens (primary N) is 2. The van der Waals surface area contributed by atoms with Gasteiger partial charge in [0.2, 0.25) is 0 Å². The van der Waals surface area contributed by atoms with E-state index >= 15 is 0 Å². The molecule has 1 aromatic rings. The topological polar surface area (TPSA) is 72.3 Å². The lowest BCUT2D eigenvalue weighted by Crippen LogP contribution is -2.09. The first-order chi connectivity index (χ1) is 5.95. The Bertz CT molecular complexity index is 306. The van der Waals surface area contributed by atoms with Gasteiger partial charge < -0.3 is 16.6 Å². The molecule has 0 amide bonds. The van der Waals surface area contributed by atoms with Crippen molar-refractivity contribution < 1.29 is 5.11 Å². The Hall–Kier alpha value is -1.22. The van der Waals surface area contributed by atoms with E-state index in [-0.39, 0.29) is 11.8 Å². The number of hydrogen-bond acceptors (Lipinski definition) is 3. The SMILES string of the molecule is Cc1cc(N)c(C)c([C@@H](C)N)c1O. The summed E-state index contributed by atoms with van der Waals surface area (Å²) in [5, 5.41) is 9.74. The number of benzene rings is 1. The highest BCUT2D eigenvalue weighted by Gasteiger charge is 2.13. The summed E-state index contributed by atoms with van der Waals surface area (Å²) in [5.74, 6) is 0.265. The van der Waals surface area contributed by atoms with Crippen LogP contribution in [0.25, 0.3) is 0 Å². The summed E-state index contributed by atoms with van der Waals surface area (Å²) < 4.78 is 0. The molecule has 5 N–H and O–H groups in total. The number of hydrogen-bond donors (Lipinski definition) is 3. The van der Waals surface area contributed by atoms with Gasteiger partial charge in [-0.2, -0.15) is 0 Å². The summed E-state index contributed by atoms with van der Waals surface area (Å²) in [7, 11) is 0. The predicted octanol–water partition coefficient (Wildman–Crippen LogP) is 1.61. The number of aromatic hydroxyl groups is 1. The standard InChI is InChI=1S/C10H16N2O/c1-5-4-8(12)6(2)9(7(3)11)10(5)13/h4,7,13H,11-12H2,1-3H3/t7-/m1/s1. The predicted molar refractivity (Wildman–Crippen MR) is 54.6 cm³/mol. The highest BCUT2D eigenvalue weighted by molar-refractivity contribution is 5.59. The van der Waals surface area contributed by atoms with Gasteiger partial charge in [-0.15, -0.1) is 0 Å². The van der Waals surface area contributed by atoms with Crippen LogP contribution < -0.4 is 11.5 Å². The number of nitrogen functional groups attached to an aromatic ring is 1. The van der Waals surface area contributed by atoms with Crippen LogP contribution in [-0.2, 0) is 0 Å². The minimum absolute atomic E-state index is 0.192. The van der Waals surface area contributed by atoms with E-state index in [0.717, 1.165) is 16.7 Å². The molecule has 0 aliphatic heterocycles. The number of anilines is 1. The quantitative estimate of drug-likeness (QED) is 0.454. The molecule has 0 aliphatic carbocycles. The van der Waals surface area contributed by atoms with Crippen molar-refractivity contribution in [3.63, 3.8) is 0 Å². The van der Waals surface area contributed by atoms with Crippen LogP contribution in [0.4, 0.5) is 5.69 Å². The maximum Gasteiger partial charge on any atom is 0.123 e. The Balaban J connectivity index is 3.46. The first-order valence-corrected chi connectivity index (χ1v) is 4.29. The maximum absolute atomic E-state index is 9.74. The van der Waals surface area contributed by atoms with Crippen LogP contribution in [0.5, 0.6) is 5.75 Å². The molecule has 0 aliphatic rings. The summed E-state index contributed by atoms with van der Waals surface area (Å²) in [6.45, 7) is 5.52. The van der Waals surface area contributed by atoms with Crippen molar-refractivity contribution in [2.75, 3.05) is 5.73 Å². The molecule has 0 spiro atoms. The molecular weight excluding hydrogens is 164 g/mol. The van der Waals surface area contributed by atoms with Crippen molar-refractivity contribution in [2.24, 2.45) is 5.73 Å². The largest absolute Gasteiger partial charge is 0.507 e. The van der Waals surface area contributed by atoms with Crippen molar-refractivity contribution in [1.82, 2.24) is 0 Å². The zero-order valence-corrected chi connectivity index (χ0v) is 8.26. The van der Waals surface area contributed by atoms with Crippen LogP contribution in [-0.4, -0.2) is 5.11 Å². The number of phenolic OH excluding ortho intramolecular Hbond substituents is 1. The molecule has 1 aromatic carbocycles. The Kier molecular flexibility index (Phi) is 2.48. The zero-order valence-electron chi connectivity index (χ0n) is 8.26. The van der Waals surface area contributed by atoms with E-state index < -0.39 is 0 Å². The average molecular weight is 180 g/mol. The Morgan fingerprint density at radius 1 is 1.38 bits per heavy atom. The second-order valence-electron chi connectivity index (χ2n) is 3.46. The summed E-state index contributed by atoms with van der Waals surface area (Å²) in [6.07, 6.45) is 0. The molecule has 72 valence electrons. The van der Waals surface area contributed by atoms with Crippen LogP contribution in [0.3, 0.4) is 0 Å². The van der Waals surface area contributed by atoms with Crippen molar-refractivity contribution >= 4 is 5.69 Å². The lowest BCUT2D eigenvalue weighted by Gasteiger charge is -2.15. The first kappa shape index (κ1) is 9.86. The van der Waals surface area contributed by atoms with E-state index in [1.807, 2.05) is 20.8 Å². The van der Waals surface area contributed by atoms with E-state index in [4.69, 9.17) is 11.5 Å². The lowest BCUT2D eigenvalue weighted by atomic mass is 9.97. The van der Waals surface area contributed by atoms with E-state index in [2.05, 4.69) is 0 Å². The summed E-state index contributed by atoms with van der Waals surface area (Å²) in [4.78, 5) is 0. The molecule has 0 bridgehead atoms. The average Bonchev–Trinajstić information content (AvgIpc) is 2.01. The van der Waals surface area contributed by atoms with Crippen molar-refractivity contribution in [2.45, 2.75) is 26.8 Å². The number of phenols is 1. The summed E-state index contributed by atoms with van der Waals surface area (Å²) in [5.41, 5.74) is 14.6. The Labute approximate surface area is 78.4 Å². The van der Waals surface area contributed by atoms with Gasteiger partial charge in [0.05, 0.1) is 0 Å². The van der Waals surface area contributed by atoms with Gasteiger partial charge in [-0.05, 0) is 38.0 Å². The smallest absolute Gasteiger partial charge is 0.123 e. The zero-order chi connectivity index (χ0) is 10.2. The molecule has 3 nitrogen and oxygen atoms in total.